The van der Waals surface area contributed by atoms with E-state index < -0.39 is 6.04 Å². The van der Waals surface area contributed by atoms with Crippen LogP contribution in [0, 0.1) is 0 Å². The van der Waals surface area contributed by atoms with Crippen LogP contribution in [0.5, 0.6) is 5.75 Å². The van der Waals surface area contributed by atoms with Gasteiger partial charge < -0.3 is 15.4 Å². The van der Waals surface area contributed by atoms with Crippen molar-refractivity contribution >= 4 is 17.5 Å². The van der Waals surface area contributed by atoms with E-state index in [-0.39, 0.29) is 5.91 Å². The maximum absolute atomic E-state index is 13.3. The molecular formula is C21H21N5O2. The van der Waals surface area contributed by atoms with Gasteiger partial charge in [-0.1, -0.05) is 36.4 Å². The average molecular weight is 375 g/mol. The molecular weight excluding hydrogens is 354 g/mol. The Morgan fingerprint density at radius 1 is 1.18 bits per heavy atom. The summed E-state index contributed by atoms with van der Waals surface area (Å²) in [5, 5.41) is 10.5. The van der Waals surface area contributed by atoms with Gasteiger partial charge in [0.25, 0.3) is 5.91 Å². The first-order chi connectivity index (χ1) is 13.7. The summed E-state index contributed by atoms with van der Waals surface area (Å²) >= 11 is 0. The highest BCUT2D eigenvalue weighted by molar-refractivity contribution is 6.06. The van der Waals surface area contributed by atoms with Gasteiger partial charge >= 0.3 is 0 Å². The maximum atomic E-state index is 13.3. The molecule has 0 fully saturated rings. The number of aromatic nitrogens is 3. The number of rotatable bonds is 5. The minimum atomic E-state index is -0.454. The number of anilines is 2. The standard InChI is InChI=1S/C21H21N5O2/c1-3-28-17-12-8-7-11-16(17)19-18(14(2)24-21-22-13-23-26(19)21)20(27)25-15-9-5-4-6-10-15/h4-13,19H,3H2,1-2H3,(H,25,27)(H,22,23,24)/t19-/m0/s1. The van der Waals surface area contributed by atoms with Crippen LogP contribution in [0.15, 0.2) is 72.2 Å². The Morgan fingerprint density at radius 2 is 1.93 bits per heavy atom. The zero-order chi connectivity index (χ0) is 19.5. The van der Waals surface area contributed by atoms with Crippen LogP contribution in [-0.4, -0.2) is 27.3 Å². The molecule has 28 heavy (non-hydrogen) atoms. The lowest BCUT2D eigenvalue weighted by molar-refractivity contribution is -0.113. The van der Waals surface area contributed by atoms with E-state index in [0.717, 1.165) is 22.7 Å². The molecule has 0 unspecified atom stereocenters. The minimum Gasteiger partial charge on any atom is -0.494 e. The maximum Gasteiger partial charge on any atom is 0.255 e. The fraction of sp³-hybridized carbons (Fsp3) is 0.190. The van der Waals surface area contributed by atoms with Crippen molar-refractivity contribution in [1.29, 1.82) is 0 Å². The van der Waals surface area contributed by atoms with Gasteiger partial charge in [-0.25, -0.2) is 4.68 Å². The third-order valence-corrected chi connectivity index (χ3v) is 4.58. The molecule has 1 aromatic heterocycles. The molecule has 0 radical (unpaired) electrons. The molecule has 7 nitrogen and oxygen atoms in total. The van der Waals surface area contributed by atoms with E-state index in [9.17, 15) is 4.79 Å². The summed E-state index contributed by atoms with van der Waals surface area (Å²) in [7, 11) is 0. The van der Waals surface area contributed by atoms with Gasteiger partial charge in [0.05, 0.1) is 12.2 Å². The van der Waals surface area contributed by atoms with Gasteiger partial charge in [0.1, 0.15) is 18.1 Å². The SMILES string of the molecule is CCOc1ccccc1[C@H]1C(C(=O)Nc2ccccc2)=C(C)Nc2ncnn21. The highest BCUT2D eigenvalue weighted by Crippen LogP contribution is 2.39. The van der Waals surface area contributed by atoms with Gasteiger partial charge in [0.2, 0.25) is 5.95 Å². The number of ether oxygens (including phenoxy) is 1. The number of carbonyl (C=O) groups excluding carboxylic acids is 1. The van der Waals surface area contributed by atoms with E-state index in [1.807, 2.05) is 68.4 Å². The highest BCUT2D eigenvalue weighted by atomic mass is 16.5. The van der Waals surface area contributed by atoms with Crippen LogP contribution < -0.4 is 15.4 Å². The molecule has 1 aliphatic heterocycles. The number of allylic oxidation sites excluding steroid dienone is 1. The Hall–Kier alpha value is -3.61. The molecule has 142 valence electrons. The van der Waals surface area contributed by atoms with Crippen molar-refractivity contribution < 1.29 is 9.53 Å². The summed E-state index contributed by atoms with van der Waals surface area (Å²) < 4.78 is 7.54. The van der Waals surface area contributed by atoms with E-state index in [2.05, 4.69) is 20.7 Å². The summed E-state index contributed by atoms with van der Waals surface area (Å²) in [5.74, 6) is 1.11. The zero-order valence-corrected chi connectivity index (χ0v) is 15.7. The summed E-state index contributed by atoms with van der Waals surface area (Å²) in [6.45, 7) is 4.33. The molecule has 1 atom stereocenters. The van der Waals surface area contributed by atoms with Crippen LogP contribution in [0.25, 0.3) is 0 Å². The van der Waals surface area contributed by atoms with Crippen LogP contribution in [0.3, 0.4) is 0 Å². The summed E-state index contributed by atoms with van der Waals surface area (Å²) in [6, 6.07) is 16.6. The molecule has 0 bridgehead atoms. The van der Waals surface area contributed by atoms with E-state index in [4.69, 9.17) is 4.74 Å². The third-order valence-electron chi connectivity index (χ3n) is 4.58. The van der Waals surface area contributed by atoms with Crippen molar-refractivity contribution in [3.05, 3.63) is 77.8 Å². The zero-order valence-electron chi connectivity index (χ0n) is 15.7. The molecule has 1 aliphatic rings. The highest BCUT2D eigenvalue weighted by Gasteiger charge is 2.35. The van der Waals surface area contributed by atoms with E-state index in [1.165, 1.54) is 6.33 Å². The summed E-state index contributed by atoms with van der Waals surface area (Å²) in [5.41, 5.74) is 2.88. The fourth-order valence-corrected chi connectivity index (χ4v) is 3.39. The predicted molar refractivity (Wildman–Crippen MR) is 107 cm³/mol. The first kappa shape index (κ1) is 17.8. The molecule has 2 N–H and O–H groups in total. The lowest BCUT2D eigenvalue weighted by Gasteiger charge is -2.29. The number of nitrogens with zero attached hydrogens (tertiary/aromatic N) is 3. The predicted octanol–water partition coefficient (Wildman–Crippen LogP) is 3.60. The Labute approximate surface area is 163 Å². The second-order valence-corrected chi connectivity index (χ2v) is 6.39. The van der Waals surface area contributed by atoms with Crippen LogP contribution >= 0.6 is 0 Å². The van der Waals surface area contributed by atoms with Gasteiger partial charge in [0, 0.05) is 16.9 Å². The lowest BCUT2D eigenvalue weighted by atomic mass is 9.94. The van der Waals surface area contributed by atoms with Gasteiger partial charge in [-0.3, -0.25) is 4.79 Å². The average Bonchev–Trinajstić information content (AvgIpc) is 3.16. The second kappa shape index (κ2) is 7.56. The number of para-hydroxylation sites is 2. The fourth-order valence-electron chi connectivity index (χ4n) is 3.39. The van der Waals surface area contributed by atoms with Gasteiger partial charge in [0.15, 0.2) is 0 Å². The van der Waals surface area contributed by atoms with E-state index >= 15 is 0 Å². The van der Waals surface area contributed by atoms with Gasteiger partial charge in [-0.2, -0.15) is 10.1 Å². The monoisotopic (exact) mass is 375 g/mol. The largest absolute Gasteiger partial charge is 0.494 e. The number of fused-ring (bicyclic) bond motifs is 1. The molecule has 0 saturated heterocycles. The first-order valence-corrected chi connectivity index (χ1v) is 9.14. The van der Waals surface area contributed by atoms with Crippen LogP contribution in [-0.2, 0) is 4.79 Å². The Kier molecular flexibility index (Phi) is 4.80. The molecule has 0 saturated carbocycles. The number of amides is 1. The molecule has 7 heteroatoms. The molecule has 4 rings (SSSR count). The Bertz CT molecular complexity index is 1030. The quantitative estimate of drug-likeness (QED) is 0.712. The normalized spacial score (nSPS) is 15.6. The van der Waals surface area contributed by atoms with Gasteiger partial charge in [-0.05, 0) is 32.0 Å². The number of nitrogens with one attached hydrogen (secondary N) is 2. The number of hydrogen-bond acceptors (Lipinski definition) is 5. The van der Waals surface area contributed by atoms with Crippen molar-refractivity contribution in [2.24, 2.45) is 0 Å². The number of carbonyl (C=O) groups is 1. The molecule has 1 amide bonds. The van der Waals surface area contributed by atoms with Crippen molar-refractivity contribution in [3.63, 3.8) is 0 Å². The minimum absolute atomic E-state index is 0.200. The summed E-state index contributed by atoms with van der Waals surface area (Å²) in [6.07, 6.45) is 1.48. The molecule has 0 spiro atoms. The van der Waals surface area contributed by atoms with E-state index in [1.54, 1.807) is 4.68 Å². The number of benzene rings is 2. The topological polar surface area (TPSA) is 81.1 Å². The van der Waals surface area contributed by atoms with Crippen molar-refractivity contribution in [1.82, 2.24) is 14.8 Å². The Morgan fingerprint density at radius 3 is 2.71 bits per heavy atom. The van der Waals surface area contributed by atoms with E-state index in [0.29, 0.717) is 18.1 Å². The molecule has 2 aromatic carbocycles. The Balaban J connectivity index is 1.80. The van der Waals surface area contributed by atoms with Gasteiger partial charge in [-0.15, -0.1) is 0 Å². The molecule has 3 aromatic rings. The smallest absolute Gasteiger partial charge is 0.255 e. The summed E-state index contributed by atoms with van der Waals surface area (Å²) in [4.78, 5) is 17.5. The third kappa shape index (κ3) is 3.22. The van der Waals surface area contributed by atoms with Crippen LogP contribution in [0.4, 0.5) is 11.6 Å². The number of hydrogen-bond donors (Lipinski definition) is 2. The van der Waals surface area contributed by atoms with Crippen LogP contribution in [0.1, 0.15) is 25.5 Å². The first-order valence-electron chi connectivity index (χ1n) is 9.14. The second-order valence-electron chi connectivity index (χ2n) is 6.39. The molecule has 0 aliphatic carbocycles. The molecule has 2 heterocycles. The van der Waals surface area contributed by atoms with Crippen molar-refractivity contribution in [2.45, 2.75) is 19.9 Å². The van der Waals surface area contributed by atoms with Crippen LogP contribution in [0.2, 0.25) is 0 Å². The van der Waals surface area contributed by atoms with Crippen molar-refractivity contribution in [3.8, 4) is 5.75 Å². The lowest BCUT2D eigenvalue weighted by Crippen LogP contribution is -2.31. The van der Waals surface area contributed by atoms with Crippen molar-refractivity contribution in [2.75, 3.05) is 17.2 Å².